The molecule has 0 bridgehead atoms. The van der Waals surface area contributed by atoms with Gasteiger partial charge >= 0.3 is 0 Å². The molecule has 2 heteroatoms. The van der Waals surface area contributed by atoms with Crippen LogP contribution in [-0.2, 0) is 0 Å². The molecule has 0 spiro atoms. The lowest BCUT2D eigenvalue weighted by molar-refractivity contribution is 0.349. The monoisotopic (exact) mass is 256 g/mol. The highest BCUT2D eigenvalue weighted by Gasteiger charge is 2.21. The maximum Gasteiger partial charge on any atom is 0.0118 e. The Kier molecular flexibility index (Phi) is 23.2. The molecule has 1 saturated heterocycles. The highest BCUT2D eigenvalue weighted by atomic mass is 15.1. The Morgan fingerprint density at radius 1 is 1.33 bits per heavy atom. The normalized spacial score (nSPS) is 17.1. The number of hydrogen-bond donors (Lipinski definition) is 1. The summed E-state index contributed by atoms with van der Waals surface area (Å²) >= 11 is 0. The van der Waals surface area contributed by atoms with E-state index in [2.05, 4.69) is 38.8 Å². The van der Waals surface area contributed by atoms with Crippen LogP contribution in [0.4, 0.5) is 0 Å². The van der Waals surface area contributed by atoms with E-state index in [9.17, 15) is 0 Å². The molecule has 1 atom stereocenters. The second-order valence-electron chi connectivity index (χ2n) is 4.07. The van der Waals surface area contributed by atoms with Gasteiger partial charge < -0.3 is 10.6 Å². The van der Waals surface area contributed by atoms with Gasteiger partial charge in [0.25, 0.3) is 0 Å². The first-order valence-electron chi connectivity index (χ1n) is 7.30. The topological polar surface area (TPSA) is 29.3 Å². The average Bonchev–Trinajstić information content (AvgIpc) is 2.82. The summed E-state index contributed by atoms with van der Waals surface area (Å²) in [6.07, 6.45) is 4.20. The third kappa shape index (κ3) is 15.2. The summed E-state index contributed by atoms with van der Waals surface area (Å²) in [5.74, 6) is 0.556. The number of hydrogen-bond acceptors (Lipinski definition) is 2. The smallest absolute Gasteiger partial charge is 0.0118 e. The molecule has 18 heavy (non-hydrogen) atoms. The van der Waals surface area contributed by atoms with Crippen molar-refractivity contribution in [2.75, 3.05) is 19.6 Å². The Bertz CT molecular complexity index is 176. The summed E-state index contributed by atoms with van der Waals surface area (Å²) in [5.41, 5.74) is 6.45. The van der Waals surface area contributed by atoms with Crippen LogP contribution < -0.4 is 5.73 Å². The van der Waals surface area contributed by atoms with E-state index >= 15 is 0 Å². The average molecular weight is 256 g/mol. The molecule has 0 aliphatic carbocycles. The molecule has 0 aromatic heterocycles. The van der Waals surface area contributed by atoms with E-state index in [1.807, 2.05) is 20.8 Å². The van der Waals surface area contributed by atoms with Gasteiger partial charge in [0, 0.05) is 18.2 Å². The minimum absolute atomic E-state index is 0.556. The van der Waals surface area contributed by atoms with Crippen LogP contribution in [0, 0.1) is 5.92 Å². The Morgan fingerprint density at radius 2 is 1.72 bits per heavy atom. The largest absolute Gasteiger partial charge is 0.402 e. The van der Waals surface area contributed by atoms with Crippen molar-refractivity contribution in [1.82, 2.24) is 4.90 Å². The van der Waals surface area contributed by atoms with Gasteiger partial charge in [0.1, 0.15) is 0 Å². The lowest BCUT2D eigenvalue weighted by atomic mass is 10.1. The van der Waals surface area contributed by atoms with Crippen LogP contribution in [0.3, 0.4) is 0 Å². The molecule has 0 amide bonds. The van der Waals surface area contributed by atoms with Gasteiger partial charge in [-0.3, -0.25) is 0 Å². The van der Waals surface area contributed by atoms with Gasteiger partial charge in [-0.2, -0.15) is 0 Å². The molecule has 2 nitrogen and oxygen atoms in total. The Balaban J connectivity index is -0.000000237. The standard InChI is InChI=1S/C8H16N2.C3H8.C3H6.C2H6/c1-3-10-5-4-8(6-10)7(2)9;2*1-3-2;1-2/h8H,2-6,9H2,1H3;3H2,1-2H3;3H,1H2,2H3;1-2H3. The third-order valence-electron chi connectivity index (χ3n) is 2.24. The predicted octanol–water partition coefficient (Wildman–Crippen LogP) is 4.44. The lowest BCUT2D eigenvalue weighted by Crippen LogP contribution is -2.21. The van der Waals surface area contributed by atoms with Gasteiger partial charge in [-0.05, 0) is 26.4 Å². The number of nitrogens with two attached hydrogens (primary N) is 1. The fourth-order valence-electron chi connectivity index (χ4n) is 1.42. The summed E-state index contributed by atoms with van der Waals surface area (Å²) in [6.45, 7) is 22.9. The summed E-state index contributed by atoms with van der Waals surface area (Å²) in [7, 11) is 0. The van der Waals surface area contributed by atoms with Gasteiger partial charge in [0.15, 0.2) is 0 Å². The van der Waals surface area contributed by atoms with E-state index in [0.717, 1.165) is 18.8 Å². The highest BCUT2D eigenvalue weighted by Crippen LogP contribution is 2.18. The highest BCUT2D eigenvalue weighted by molar-refractivity contribution is 4.98. The molecule has 0 saturated carbocycles. The zero-order chi connectivity index (χ0) is 15.0. The molecule has 1 aliphatic rings. The fraction of sp³-hybridized carbons (Fsp3) is 0.750. The number of allylic oxidation sites excluding steroid dienone is 1. The first kappa shape index (κ1) is 22.4. The van der Waals surface area contributed by atoms with Crippen molar-refractivity contribution >= 4 is 0 Å². The first-order valence-corrected chi connectivity index (χ1v) is 7.30. The molecule has 0 aromatic rings. The molecule has 0 radical (unpaired) electrons. The van der Waals surface area contributed by atoms with E-state index in [1.165, 1.54) is 19.4 Å². The second kappa shape index (κ2) is 18.6. The number of nitrogens with zero attached hydrogens (tertiary/aromatic N) is 1. The van der Waals surface area contributed by atoms with Crippen molar-refractivity contribution < 1.29 is 0 Å². The van der Waals surface area contributed by atoms with Gasteiger partial charge in [-0.15, -0.1) is 6.58 Å². The van der Waals surface area contributed by atoms with E-state index in [4.69, 9.17) is 5.73 Å². The minimum atomic E-state index is 0.556. The van der Waals surface area contributed by atoms with Crippen LogP contribution in [0.25, 0.3) is 0 Å². The van der Waals surface area contributed by atoms with Crippen molar-refractivity contribution in [3.8, 4) is 0 Å². The van der Waals surface area contributed by atoms with E-state index in [-0.39, 0.29) is 0 Å². The molecule has 1 unspecified atom stereocenters. The van der Waals surface area contributed by atoms with Crippen LogP contribution in [0.15, 0.2) is 24.9 Å². The number of rotatable bonds is 2. The van der Waals surface area contributed by atoms with Crippen molar-refractivity contribution in [3.63, 3.8) is 0 Å². The Hall–Kier alpha value is -0.760. The number of likely N-dealkylation sites (tertiary alicyclic amines) is 1. The van der Waals surface area contributed by atoms with E-state index in [1.54, 1.807) is 6.08 Å². The summed E-state index contributed by atoms with van der Waals surface area (Å²) < 4.78 is 0. The van der Waals surface area contributed by atoms with Crippen LogP contribution in [0.5, 0.6) is 0 Å². The molecule has 1 heterocycles. The Morgan fingerprint density at radius 3 is 1.89 bits per heavy atom. The molecule has 0 aromatic carbocycles. The summed E-state index contributed by atoms with van der Waals surface area (Å²) in [5, 5.41) is 0. The van der Waals surface area contributed by atoms with Crippen LogP contribution >= 0.6 is 0 Å². The van der Waals surface area contributed by atoms with Crippen molar-refractivity contribution in [3.05, 3.63) is 24.9 Å². The van der Waals surface area contributed by atoms with Crippen molar-refractivity contribution in [1.29, 1.82) is 0 Å². The second-order valence-corrected chi connectivity index (χ2v) is 4.07. The van der Waals surface area contributed by atoms with Crippen molar-refractivity contribution in [2.24, 2.45) is 11.7 Å². The van der Waals surface area contributed by atoms with Crippen LogP contribution in [0.2, 0.25) is 0 Å². The molecule has 1 aliphatic heterocycles. The molecular formula is C16H36N2. The van der Waals surface area contributed by atoms with Gasteiger partial charge in [-0.1, -0.05) is 53.7 Å². The van der Waals surface area contributed by atoms with E-state index in [0.29, 0.717) is 5.92 Å². The lowest BCUT2D eigenvalue weighted by Gasteiger charge is -2.12. The Labute approximate surface area is 116 Å². The van der Waals surface area contributed by atoms with E-state index < -0.39 is 0 Å². The fourth-order valence-corrected chi connectivity index (χ4v) is 1.42. The predicted molar refractivity (Wildman–Crippen MR) is 86.7 cm³/mol. The SMILES string of the molecule is C=C(N)C1CCN(CC)C1.C=CC.CC.CCC. The van der Waals surface area contributed by atoms with Crippen LogP contribution in [0.1, 0.15) is 54.4 Å². The van der Waals surface area contributed by atoms with Gasteiger partial charge in [0.2, 0.25) is 0 Å². The minimum Gasteiger partial charge on any atom is -0.402 e. The first-order chi connectivity index (χ1) is 8.56. The summed E-state index contributed by atoms with van der Waals surface area (Å²) in [6, 6.07) is 0. The zero-order valence-corrected chi connectivity index (χ0v) is 13.6. The molecule has 2 N–H and O–H groups in total. The quantitative estimate of drug-likeness (QED) is 0.740. The third-order valence-corrected chi connectivity index (χ3v) is 2.24. The summed E-state index contributed by atoms with van der Waals surface area (Å²) in [4.78, 5) is 2.41. The zero-order valence-electron chi connectivity index (χ0n) is 13.6. The molecule has 110 valence electrons. The van der Waals surface area contributed by atoms with Gasteiger partial charge in [0.05, 0.1) is 0 Å². The molecule has 1 rings (SSSR count). The molecule has 1 fully saturated rings. The maximum absolute atomic E-state index is 5.59. The maximum atomic E-state index is 5.59. The van der Waals surface area contributed by atoms with Crippen LogP contribution in [-0.4, -0.2) is 24.5 Å². The van der Waals surface area contributed by atoms with Crippen molar-refractivity contribution in [2.45, 2.75) is 54.4 Å². The molecular weight excluding hydrogens is 220 g/mol. The van der Waals surface area contributed by atoms with Gasteiger partial charge in [-0.25, -0.2) is 0 Å².